The molecule has 202 valence electrons. The quantitative estimate of drug-likeness (QED) is 0.218. The lowest BCUT2D eigenvalue weighted by molar-refractivity contribution is 0.554. The molecule has 3 aromatic heterocycles. The van der Waals surface area contributed by atoms with Crippen LogP contribution < -0.4 is 0 Å². The third-order valence-corrected chi connectivity index (χ3v) is 8.36. The van der Waals surface area contributed by atoms with Crippen LogP contribution in [0.3, 0.4) is 0 Å². The molecule has 3 heterocycles. The summed E-state index contributed by atoms with van der Waals surface area (Å²) in [5, 5.41) is 4.74. The zero-order chi connectivity index (χ0) is 28.3. The number of fused-ring (bicyclic) bond motifs is 6. The monoisotopic (exact) mass is 551 g/mol. The van der Waals surface area contributed by atoms with Gasteiger partial charge in [-0.15, -0.1) is 0 Å². The van der Waals surface area contributed by atoms with Crippen LogP contribution in [0.15, 0.2) is 156 Å². The highest BCUT2D eigenvalue weighted by molar-refractivity contribution is 6.19. The minimum absolute atomic E-state index is 0.599. The molecule has 43 heavy (non-hydrogen) atoms. The number of hydrogen-bond acceptors (Lipinski definition) is 2. The first kappa shape index (κ1) is 23.8. The zero-order valence-electron chi connectivity index (χ0n) is 23.2. The Morgan fingerprint density at radius 1 is 0.419 bits per heavy atom. The number of nitrogens with zero attached hydrogens (tertiary/aromatic N) is 3. The van der Waals surface area contributed by atoms with Crippen LogP contribution in [-0.4, -0.2) is 14.1 Å². The molecule has 0 atom stereocenters. The molecule has 0 saturated heterocycles. The van der Waals surface area contributed by atoms with Gasteiger partial charge in [0.25, 0.3) is 0 Å². The average molecular weight is 552 g/mol. The van der Waals surface area contributed by atoms with Gasteiger partial charge < -0.3 is 8.98 Å². The minimum atomic E-state index is 0.599. The summed E-state index contributed by atoms with van der Waals surface area (Å²) in [6.45, 7) is 0. The molecule has 6 aromatic carbocycles. The Morgan fingerprint density at radius 2 is 0.907 bits per heavy atom. The van der Waals surface area contributed by atoms with Crippen molar-refractivity contribution in [1.29, 1.82) is 0 Å². The maximum Gasteiger partial charge on any atom is 0.233 e. The van der Waals surface area contributed by atoms with E-state index >= 15 is 0 Å². The Labute approximate surface area is 247 Å². The van der Waals surface area contributed by atoms with Crippen LogP contribution in [0.5, 0.6) is 0 Å². The van der Waals surface area contributed by atoms with E-state index < -0.39 is 0 Å². The molecular formula is C39H25N3O. The average Bonchev–Trinajstić information content (AvgIpc) is 3.75. The first-order valence-corrected chi connectivity index (χ1v) is 14.5. The molecule has 0 saturated carbocycles. The van der Waals surface area contributed by atoms with Crippen LogP contribution in [0.25, 0.3) is 77.9 Å². The second kappa shape index (κ2) is 9.33. The number of rotatable bonds is 4. The maximum atomic E-state index is 6.74. The largest absolute Gasteiger partial charge is 0.419 e. The Balaban J connectivity index is 1.42. The van der Waals surface area contributed by atoms with Crippen molar-refractivity contribution in [3.05, 3.63) is 152 Å². The van der Waals surface area contributed by atoms with Gasteiger partial charge in [0.05, 0.1) is 22.1 Å². The van der Waals surface area contributed by atoms with Crippen LogP contribution in [0.2, 0.25) is 0 Å². The molecule has 0 unspecified atom stereocenters. The van der Waals surface area contributed by atoms with Gasteiger partial charge in [-0.1, -0.05) is 103 Å². The van der Waals surface area contributed by atoms with Gasteiger partial charge in [-0.2, -0.15) is 0 Å². The lowest BCUT2D eigenvalue weighted by Gasteiger charge is -2.08. The summed E-state index contributed by atoms with van der Waals surface area (Å²) in [5.74, 6) is 1.31. The molecule has 9 rings (SSSR count). The predicted octanol–water partition coefficient (Wildman–Crippen LogP) is 10.2. The summed E-state index contributed by atoms with van der Waals surface area (Å²) in [4.78, 5) is 5.08. The van der Waals surface area contributed by atoms with Crippen LogP contribution in [0, 0.1) is 0 Å². The first-order chi connectivity index (χ1) is 21.3. The highest BCUT2D eigenvalue weighted by Crippen LogP contribution is 2.42. The Kier molecular flexibility index (Phi) is 5.16. The molecule has 0 fully saturated rings. The Morgan fingerprint density at radius 3 is 1.53 bits per heavy atom. The Hall–Kier alpha value is -5.87. The highest BCUT2D eigenvalue weighted by atomic mass is 16.4. The molecule has 0 bridgehead atoms. The molecule has 4 heteroatoms. The van der Waals surface area contributed by atoms with Crippen LogP contribution in [-0.2, 0) is 0 Å². The van der Waals surface area contributed by atoms with E-state index in [1.807, 2.05) is 48.5 Å². The molecule has 4 nitrogen and oxygen atoms in total. The molecule has 0 aliphatic rings. The van der Waals surface area contributed by atoms with Gasteiger partial charge in [-0.3, -0.25) is 4.57 Å². The van der Waals surface area contributed by atoms with Crippen LogP contribution in [0.4, 0.5) is 0 Å². The van der Waals surface area contributed by atoms with Crippen molar-refractivity contribution < 1.29 is 4.42 Å². The molecule has 0 amide bonds. The topological polar surface area (TPSA) is 35.9 Å². The summed E-state index contributed by atoms with van der Waals surface area (Å²) >= 11 is 0. The molecule has 0 radical (unpaired) electrons. The molecular weight excluding hydrogens is 526 g/mol. The summed E-state index contributed by atoms with van der Waals surface area (Å²) in [6, 6.07) is 52.9. The van der Waals surface area contributed by atoms with E-state index in [9.17, 15) is 0 Å². The fourth-order valence-electron chi connectivity index (χ4n) is 6.46. The van der Waals surface area contributed by atoms with E-state index in [1.165, 1.54) is 32.6 Å². The smallest absolute Gasteiger partial charge is 0.233 e. The minimum Gasteiger partial charge on any atom is -0.419 e. The molecule has 0 spiro atoms. The van der Waals surface area contributed by atoms with Crippen LogP contribution in [0.1, 0.15) is 0 Å². The second-order valence-electron chi connectivity index (χ2n) is 10.8. The summed E-state index contributed by atoms with van der Waals surface area (Å²) in [7, 11) is 0. The molecule has 0 N–H and O–H groups in total. The van der Waals surface area contributed by atoms with Crippen molar-refractivity contribution >= 4 is 43.6 Å². The van der Waals surface area contributed by atoms with E-state index in [0.717, 1.165) is 33.5 Å². The number of oxazole rings is 1. The lowest BCUT2D eigenvalue weighted by atomic mass is 10.1. The van der Waals surface area contributed by atoms with Crippen molar-refractivity contribution in [3.63, 3.8) is 0 Å². The standard InChI is InChI=1S/C39H25N3O/c1-4-14-26(15-5-1)37-39(43-38(40-37)27-16-6-2-7-17-27)42-34-23-13-11-21-30(34)32-24-35-31(25-36(32)42)29-20-10-12-22-33(29)41(35)28-18-8-3-9-19-28/h1-25H. The first-order valence-electron chi connectivity index (χ1n) is 14.5. The van der Waals surface area contributed by atoms with E-state index in [-0.39, 0.29) is 0 Å². The van der Waals surface area contributed by atoms with Gasteiger partial charge in [0, 0.05) is 38.4 Å². The van der Waals surface area contributed by atoms with Crippen molar-refractivity contribution in [2.45, 2.75) is 0 Å². The number of hydrogen-bond donors (Lipinski definition) is 0. The van der Waals surface area contributed by atoms with Gasteiger partial charge in [-0.05, 0) is 48.5 Å². The van der Waals surface area contributed by atoms with Crippen LogP contribution >= 0.6 is 0 Å². The summed E-state index contributed by atoms with van der Waals surface area (Å²) in [5.41, 5.74) is 8.43. The van der Waals surface area contributed by atoms with Crippen molar-refractivity contribution in [3.8, 4) is 34.3 Å². The fourth-order valence-corrected chi connectivity index (χ4v) is 6.46. The van der Waals surface area contributed by atoms with E-state index in [2.05, 4.69) is 112 Å². The van der Waals surface area contributed by atoms with Gasteiger partial charge in [0.15, 0.2) is 0 Å². The van der Waals surface area contributed by atoms with E-state index in [0.29, 0.717) is 11.8 Å². The van der Waals surface area contributed by atoms with Gasteiger partial charge in [0.1, 0.15) is 5.69 Å². The highest BCUT2D eigenvalue weighted by Gasteiger charge is 2.24. The van der Waals surface area contributed by atoms with Gasteiger partial charge >= 0.3 is 0 Å². The number of benzene rings is 6. The fraction of sp³-hybridized carbons (Fsp3) is 0. The second-order valence-corrected chi connectivity index (χ2v) is 10.8. The SMILES string of the molecule is c1ccc(-c2nc(-c3ccccc3)c(-n3c4ccccc4c4cc5c(cc43)c3ccccc3n5-c3ccccc3)o2)cc1. The Bertz CT molecular complexity index is 2430. The third-order valence-electron chi connectivity index (χ3n) is 8.36. The third kappa shape index (κ3) is 3.60. The van der Waals surface area contributed by atoms with E-state index in [1.54, 1.807) is 0 Å². The number of aromatic nitrogens is 3. The lowest BCUT2D eigenvalue weighted by Crippen LogP contribution is -1.95. The predicted molar refractivity (Wildman–Crippen MR) is 176 cm³/mol. The van der Waals surface area contributed by atoms with Crippen molar-refractivity contribution in [1.82, 2.24) is 14.1 Å². The zero-order valence-corrected chi connectivity index (χ0v) is 23.2. The molecule has 0 aliphatic heterocycles. The molecule has 0 aliphatic carbocycles. The normalized spacial score (nSPS) is 11.7. The van der Waals surface area contributed by atoms with Gasteiger partial charge in [-0.25, -0.2) is 4.98 Å². The maximum absolute atomic E-state index is 6.74. The van der Waals surface area contributed by atoms with E-state index in [4.69, 9.17) is 9.40 Å². The summed E-state index contributed by atoms with van der Waals surface area (Å²) < 4.78 is 11.4. The van der Waals surface area contributed by atoms with Gasteiger partial charge in [0.2, 0.25) is 11.8 Å². The van der Waals surface area contributed by atoms with Crippen molar-refractivity contribution in [2.75, 3.05) is 0 Å². The molecule has 9 aromatic rings. The summed E-state index contributed by atoms with van der Waals surface area (Å²) in [6.07, 6.45) is 0. The van der Waals surface area contributed by atoms with Crippen molar-refractivity contribution in [2.24, 2.45) is 0 Å². The number of para-hydroxylation sites is 3.